The quantitative estimate of drug-likeness (QED) is 0.398. The second-order valence-corrected chi connectivity index (χ2v) is 6.09. The van der Waals surface area contributed by atoms with Crippen molar-refractivity contribution in [1.29, 1.82) is 0 Å². The fourth-order valence-corrected chi connectivity index (χ4v) is 3.25. The van der Waals surface area contributed by atoms with Gasteiger partial charge in [-0.1, -0.05) is 6.08 Å². The molecule has 0 unspecified atom stereocenters. The summed E-state index contributed by atoms with van der Waals surface area (Å²) in [7, 11) is -3.01. The number of hydrogen-bond acceptors (Lipinski definition) is 3. The third-order valence-electron chi connectivity index (χ3n) is 2.58. The lowest BCUT2D eigenvalue weighted by Crippen LogP contribution is -2.38. The molecule has 0 aliphatic carbocycles. The molecule has 0 spiro atoms. The molecule has 6 nitrogen and oxygen atoms in total. The minimum Gasteiger partial charge on any atom is -0.357 e. The van der Waals surface area contributed by atoms with Gasteiger partial charge in [0.2, 0.25) is 10.0 Å². The van der Waals surface area contributed by atoms with Crippen molar-refractivity contribution < 1.29 is 8.42 Å². The molecule has 0 bridgehead atoms. The molecule has 1 saturated heterocycles. The Balaban J connectivity index is 2.42. The molecule has 1 aliphatic rings. The Hall–Kier alpha value is -1.08. The van der Waals surface area contributed by atoms with Gasteiger partial charge in [-0.15, -0.1) is 6.58 Å². The zero-order valence-corrected chi connectivity index (χ0v) is 11.7. The zero-order chi connectivity index (χ0) is 13.4. The van der Waals surface area contributed by atoms with E-state index in [-0.39, 0.29) is 5.75 Å². The molecule has 0 aromatic rings. The molecular formula is C11H22N4O2S. The summed E-state index contributed by atoms with van der Waals surface area (Å²) in [5.74, 6) is 0.958. The zero-order valence-electron chi connectivity index (χ0n) is 10.9. The lowest BCUT2D eigenvalue weighted by atomic mass is 10.5. The summed E-state index contributed by atoms with van der Waals surface area (Å²) in [6.07, 6.45) is 2.47. The van der Waals surface area contributed by atoms with E-state index in [0.717, 1.165) is 13.0 Å². The number of hydrogen-bond donors (Lipinski definition) is 2. The first kappa shape index (κ1) is 15.0. The fraction of sp³-hybridized carbons (Fsp3) is 0.727. The molecule has 1 aliphatic heterocycles. The molecule has 0 atom stereocenters. The van der Waals surface area contributed by atoms with E-state index in [1.807, 2.05) is 6.92 Å². The van der Waals surface area contributed by atoms with Crippen molar-refractivity contribution in [3.63, 3.8) is 0 Å². The van der Waals surface area contributed by atoms with E-state index < -0.39 is 10.0 Å². The van der Waals surface area contributed by atoms with Crippen LogP contribution in [0.25, 0.3) is 0 Å². The van der Waals surface area contributed by atoms with Crippen LogP contribution >= 0.6 is 0 Å². The highest BCUT2D eigenvalue weighted by Crippen LogP contribution is 2.11. The molecule has 0 saturated carbocycles. The summed E-state index contributed by atoms with van der Waals surface area (Å²) in [4.78, 5) is 4.32. The van der Waals surface area contributed by atoms with E-state index in [4.69, 9.17) is 0 Å². The Morgan fingerprint density at radius 2 is 2.28 bits per heavy atom. The van der Waals surface area contributed by atoms with Crippen LogP contribution in [-0.4, -0.2) is 57.2 Å². The first-order chi connectivity index (χ1) is 8.60. The third kappa shape index (κ3) is 4.66. The van der Waals surface area contributed by atoms with Crippen LogP contribution in [0, 0.1) is 0 Å². The van der Waals surface area contributed by atoms with Crippen LogP contribution in [-0.2, 0) is 10.0 Å². The van der Waals surface area contributed by atoms with Gasteiger partial charge < -0.3 is 10.6 Å². The van der Waals surface area contributed by atoms with E-state index >= 15 is 0 Å². The molecule has 2 N–H and O–H groups in total. The number of nitrogens with one attached hydrogen (secondary N) is 2. The second-order valence-electron chi connectivity index (χ2n) is 4.00. The standard InChI is InChI=1S/C11H22N4O2S/c1-3-6-13-11(12-4-2)14-7-9-15-8-5-10-18(15,16)17/h3H,1,4-10H2,2H3,(H2,12,13,14). The molecule has 0 amide bonds. The maximum absolute atomic E-state index is 11.6. The molecule has 18 heavy (non-hydrogen) atoms. The van der Waals surface area contributed by atoms with Gasteiger partial charge in [-0.3, -0.25) is 4.99 Å². The van der Waals surface area contributed by atoms with Crippen LogP contribution in [0.3, 0.4) is 0 Å². The number of nitrogens with zero attached hydrogens (tertiary/aromatic N) is 2. The maximum Gasteiger partial charge on any atom is 0.214 e. The van der Waals surface area contributed by atoms with Gasteiger partial charge >= 0.3 is 0 Å². The lowest BCUT2D eigenvalue weighted by Gasteiger charge is -2.13. The minimum atomic E-state index is -3.01. The average molecular weight is 274 g/mol. The van der Waals surface area contributed by atoms with Gasteiger partial charge in [-0.2, -0.15) is 0 Å². The van der Waals surface area contributed by atoms with Crippen LogP contribution < -0.4 is 10.6 Å². The van der Waals surface area contributed by atoms with Gasteiger partial charge in [0.15, 0.2) is 5.96 Å². The predicted octanol–water partition coefficient (Wildman–Crippen LogP) is -0.237. The smallest absolute Gasteiger partial charge is 0.214 e. The highest BCUT2D eigenvalue weighted by Gasteiger charge is 2.27. The summed E-state index contributed by atoms with van der Waals surface area (Å²) < 4.78 is 24.6. The minimum absolute atomic E-state index is 0.269. The maximum atomic E-state index is 11.6. The Kier molecular flexibility index (Phi) is 6.14. The van der Waals surface area contributed by atoms with Gasteiger partial charge in [-0.25, -0.2) is 12.7 Å². The predicted molar refractivity (Wildman–Crippen MR) is 74.2 cm³/mol. The monoisotopic (exact) mass is 274 g/mol. The molecule has 1 rings (SSSR count). The van der Waals surface area contributed by atoms with Crippen molar-refractivity contribution in [1.82, 2.24) is 14.9 Å². The normalized spacial score (nSPS) is 19.7. The van der Waals surface area contributed by atoms with E-state index in [1.54, 1.807) is 6.08 Å². The van der Waals surface area contributed by atoms with Crippen LogP contribution in [0.5, 0.6) is 0 Å². The number of guanidine groups is 1. The van der Waals surface area contributed by atoms with E-state index in [0.29, 0.717) is 32.1 Å². The van der Waals surface area contributed by atoms with Crippen molar-refractivity contribution >= 4 is 16.0 Å². The summed E-state index contributed by atoms with van der Waals surface area (Å²) in [6.45, 7) is 8.54. The first-order valence-corrected chi connectivity index (χ1v) is 7.82. The van der Waals surface area contributed by atoms with Gasteiger partial charge in [0.05, 0.1) is 12.3 Å². The van der Waals surface area contributed by atoms with Gasteiger partial charge in [0.1, 0.15) is 0 Å². The van der Waals surface area contributed by atoms with E-state index in [1.165, 1.54) is 4.31 Å². The second kappa shape index (κ2) is 7.38. The summed E-state index contributed by atoms with van der Waals surface area (Å²) in [6, 6.07) is 0. The van der Waals surface area contributed by atoms with Crippen LogP contribution in [0.1, 0.15) is 13.3 Å². The first-order valence-electron chi connectivity index (χ1n) is 6.21. The average Bonchev–Trinajstić information content (AvgIpc) is 2.66. The van der Waals surface area contributed by atoms with Crippen molar-refractivity contribution in [2.75, 3.05) is 38.5 Å². The molecule has 1 heterocycles. The summed E-state index contributed by atoms with van der Waals surface area (Å²) in [5.41, 5.74) is 0. The fourth-order valence-electron chi connectivity index (χ4n) is 1.73. The van der Waals surface area contributed by atoms with Gasteiger partial charge in [0, 0.05) is 26.2 Å². The number of rotatable bonds is 6. The molecule has 7 heteroatoms. The molecule has 0 radical (unpaired) electrons. The molecular weight excluding hydrogens is 252 g/mol. The lowest BCUT2D eigenvalue weighted by molar-refractivity contribution is 0.452. The summed E-state index contributed by atoms with van der Waals surface area (Å²) in [5, 5.41) is 6.16. The Morgan fingerprint density at radius 1 is 1.50 bits per heavy atom. The van der Waals surface area contributed by atoms with Crippen molar-refractivity contribution in [3.8, 4) is 0 Å². The topological polar surface area (TPSA) is 73.8 Å². The summed E-state index contributed by atoms with van der Waals surface area (Å²) >= 11 is 0. The van der Waals surface area contributed by atoms with Crippen molar-refractivity contribution in [3.05, 3.63) is 12.7 Å². The largest absolute Gasteiger partial charge is 0.357 e. The Bertz CT molecular complexity index is 392. The van der Waals surface area contributed by atoms with Gasteiger partial charge in [0.25, 0.3) is 0 Å². The third-order valence-corrected chi connectivity index (χ3v) is 4.54. The highest BCUT2D eigenvalue weighted by atomic mass is 32.2. The SMILES string of the molecule is C=CCNC(=NCCN1CCCS1(=O)=O)NCC. The Labute approximate surface area is 109 Å². The van der Waals surface area contributed by atoms with Crippen molar-refractivity contribution in [2.45, 2.75) is 13.3 Å². The van der Waals surface area contributed by atoms with Gasteiger partial charge in [-0.05, 0) is 13.3 Å². The molecule has 0 aromatic carbocycles. The van der Waals surface area contributed by atoms with Crippen molar-refractivity contribution in [2.24, 2.45) is 4.99 Å². The van der Waals surface area contributed by atoms with Crippen LogP contribution in [0.4, 0.5) is 0 Å². The molecule has 0 aromatic heterocycles. The number of aliphatic imine (C=N–C) groups is 1. The molecule has 1 fully saturated rings. The molecule has 104 valence electrons. The van der Waals surface area contributed by atoms with E-state index in [9.17, 15) is 8.42 Å². The Morgan fingerprint density at radius 3 is 2.83 bits per heavy atom. The van der Waals surface area contributed by atoms with Crippen LogP contribution in [0.2, 0.25) is 0 Å². The van der Waals surface area contributed by atoms with Crippen LogP contribution in [0.15, 0.2) is 17.6 Å². The van der Waals surface area contributed by atoms with E-state index in [2.05, 4.69) is 22.2 Å². The number of sulfonamides is 1. The highest BCUT2D eigenvalue weighted by molar-refractivity contribution is 7.89.